The zero-order valence-corrected chi connectivity index (χ0v) is 11.2. The lowest BCUT2D eigenvalue weighted by Gasteiger charge is -2.14. The number of nitrogens with two attached hydrogens (primary N) is 1. The number of benzene rings is 1. The van der Waals surface area contributed by atoms with Crippen LogP contribution < -0.4 is 11.3 Å². The molecule has 0 bridgehead atoms. The Bertz CT molecular complexity index is 495. The summed E-state index contributed by atoms with van der Waals surface area (Å²) in [6.07, 6.45) is 5.14. The Morgan fingerprint density at radius 3 is 2.61 bits per heavy atom. The van der Waals surface area contributed by atoms with Gasteiger partial charge in [0, 0.05) is 9.75 Å². The van der Waals surface area contributed by atoms with E-state index in [1.165, 1.54) is 41.7 Å². The van der Waals surface area contributed by atoms with E-state index in [0.717, 1.165) is 0 Å². The molecular formula is C15H18N2S. The molecule has 0 aliphatic heterocycles. The van der Waals surface area contributed by atoms with Crippen LogP contribution in [0, 0.1) is 0 Å². The third-order valence-electron chi connectivity index (χ3n) is 3.60. The second-order valence-corrected chi connectivity index (χ2v) is 5.98. The van der Waals surface area contributed by atoms with Crippen molar-refractivity contribution >= 4 is 11.3 Å². The molecule has 0 saturated carbocycles. The van der Waals surface area contributed by atoms with Gasteiger partial charge >= 0.3 is 0 Å². The number of hydrazine groups is 1. The van der Waals surface area contributed by atoms with E-state index in [4.69, 9.17) is 5.84 Å². The quantitative estimate of drug-likeness (QED) is 0.655. The molecule has 1 aromatic heterocycles. The molecule has 1 aliphatic rings. The molecule has 3 heteroatoms. The zero-order valence-electron chi connectivity index (χ0n) is 10.4. The molecular weight excluding hydrogens is 240 g/mol. The predicted octanol–water partition coefficient (Wildman–Crippen LogP) is 3.18. The molecule has 2 nitrogen and oxygen atoms in total. The summed E-state index contributed by atoms with van der Waals surface area (Å²) in [6, 6.07) is 12.9. The molecule has 1 heterocycles. The summed E-state index contributed by atoms with van der Waals surface area (Å²) in [6.45, 7) is 0. The maximum Gasteiger partial charge on any atom is 0.0802 e. The van der Waals surface area contributed by atoms with Gasteiger partial charge in [-0.15, -0.1) is 11.3 Å². The molecule has 18 heavy (non-hydrogen) atoms. The molecule has 94 valence electrons. The smallest absolute Gasteiger partial charge is 0.0802 e. The van der Waals surface area contributed by atoms with Crippen molar-refractivity contribution < 1.29 is 0 Å². The highest BCUT2D eigenvalue weighted by Crippen LogP contribution is 2.34. The largest absolute Gasteiger partial charge is 0.271 e. The normalized spacial score (nSPS) is 16.3. The van der Waals surface area contributed by atoms with Gasteiger partial charge in [0.05, 0.1) is 6.04 Å². The first-order valence-corrected chi connectivity index (χ1v) is 7.32. The average molecular weight is 258 g/mol. The van der Waals surface area contributed by atoms with Gasteiger partial charge in [0.2, 0.25) is 0 Å². The number of rotatable bonds is 3. The Kier molecular flexibility index (Phi) is 3.46. The maximum atomic E-state index is 5.75. The number of fused-ring (bicyclic) bond motifs is 1. The van der Waals surface area contributed by atoms with Gasteiger partial charge in [0.25, 0.3) is 0 Å². The molecule has 3 rings (SSSR count). The lowest BCUT2D eigenvalue weighted by atomic mass is 9.98. The summed E-state index contributed by atoms with van der Waals surface area (Å²) in [5.41, 5.74) is 5.73. The van der Waals surface area contributed by atoms with Gasteiger partial charge in [0.15, 0.2) is 0 Å². The van der Waals surface area contributed by atoms with E-state index in [1.807, 2.05) is 17.4 Å². The van der Waals surface area contributed by atoms with Crippen LogP contribution in [0.2, 0.25) is 0 Å². The van der Waals surface area contributed by atoms with Crippen LogP contribution >= 0.6 is 11.3 Å². The first-order valence-electron chi connectivity index (χ1n) is 6.51. The Balaban J connectivity index is 1.94. The minimum absolute atomic E-state index is 0.127. The molecule has 1 aromatic carbocycles. The van der Waals surface area contributed by atoms with Crippen LogP contribution in [0.4, 0.5) is 0 Å². The van der Waals surface area contributed by atoms with Gasteiger partial charge in [-0.25, -0.2) is 5.43 Å². The van der Waals surface area contributed by atoms with Crippen molar-refractivity contribution in [1.29, 1.82) is 0 Å². The van der Waals surface area contributed by atoms with E-state index in [0.29, 0.717) is 0 Å². The highest BCUT2D eigenvalue weighted by molar-refractivity contribution is 7.12. The van der Waals surface area contributed by atoms with Gasteiger partial charge in [0.1, 0.15) is 0 Å². The number of aryl methyl sites for hydroxylation is 2. The average Bonchev–Trinajstić information content (AvgIpc) is 2.84. The van der Waals surface area contributed by atoms with Crippen molar-refractivity contribution in [3.63, 3.8) is 0 Å². The Morgan fingerprint density at radius 1 is 1.11 bits per heavy atom. The third kappa shape index (κ3) is 2.21. The zero-order chi connectivity index (χ0) is 12.4. The molecule has 0 amide bonds. The second kappa shape index (κ2) is 5.22. The summed E-state index contributed by atoms with van der Waals surface area (Å²) >= 11 is 1.92. The van der Waals surface area contributed by atoms with Crippen molar-refractivity contribution in [2.24, 2.45) is 5.84 Å². The summed E-state index contributed by atoms with van der Waals surface area (Å²) in [5.74, 6) is 5.75. The SMILES string of the molecule is NNC(c1ccccc1)c1cc2c(s1)CCCC2. The van der Waals surface area contributed by atoms with E-state index in [9.17, 15) is 0 Å². The molecule has 0 saturated heterocycles. The lowest BCUT2D eigenvalue weighted by molar-refractivity contribution is 0.645. The van der Waals surface area contributed by atoms with Crippen molar-refractivity contribution in [3.8, 4) is 0 Å². The number of thiophene rings is 1. The monoisotopic (exact) mass is 258 g/mol. The van der Waals surface area contributed by atoms with Gasteiger partial charge < -0.3 is 0 Å². The van der Waals surface area contributed by atoms with E-state index in [2.05, 4.69) is 35.8 Å². The second-order valence-electron chi connectivity index (χ2n) is 4.81. The van der Waals surface area contributed by atoms with Crippen LogP contribution in [0.1, 0.15) is 39.8 Å². The van der Waals surface area contributed by atoms with Crippen molar-refractivity contribution in [2.75, 3.05) is 0 Å². The molecule has 1 aliphatic carbocycles. The van der Waals surface area contributed by atoms with Gasteiger partial charge in [-0.05, 0) is 42.9 Å². The highest BCUT2D eigenvalue weighted by atomic mass is 32.1. The number of nitrogens with one attached hydrogen (secondary N) is 1. The van der Waals surface area contributed by atoms with Crippen molar-refractivity contribution in [3.05, 3.63) is 57.3 Å². The molecule has 0 radical (unpaired) electrons. The fourth-order valence-corrected chi connectivity index (χ4v) is 3.99. The molecule has 1 unspecified atom stereocenters. The van der Waals surface area contributed by atoms with E-state index >= 15 is 0 Å². The summed E-state index contributed by atoms with van der Waals surface area (Å²) < 4.78 is 0. The first kappa shape index (κ1) is 11.9. The van der Waals surface area contributed by atoms with Crippen LogP contribution in [0.3, 0.4) is 0 Å². The Hall–Kier alpha value is -1.16. The topological polar surface area (TPSA) is 38.0 Å². The maximum absolute atomic E-state index is 5.75. The van der Waals surface area contributed by atoms with Crippen molar-refractivity contribution in [2.45, 2.75) is 31.7 Å². The number of hydrogen-bond acceptors (Lipinski definition) is 3. The van der Waals surface area contributed by atoms with Crippen LogP contribution in [0.15, 0.2) is 36.4 Å². The standard InChI is InChI=1S/C15H18N2S/c16-17-15(11-6-2-1-3-7-11)14-10-12-8-4-5-9-13(12)18-14/h1-3,6-7,10,15,17H,4-5,8-9,16H2. The fourth-order valence-electron chi connectivity index (χ4n) is 2.64. The van der Waals surface area contributed by atoms with Crippen LogP contribution in [-0.2, 0) is 12.8 Å². The summed E-state index contributed by atoms with van der Waals surface area (Å²) in [7, 11) is 0. The summed E-state index contributed by atoms with van der Waals surface area (Å²) in [5, 5.41) is 0. The molecule has 2 aromatic rings. The summed E-state index contributed by atoms with van der Waals surface area (Å²) in [4.78, 5) is 2.91. The molecule has 0 spiro atoms. The first-order chi connectivity index (χ1) is 8.88. The number of hydrogen-bond donors (Lipinski definition) is 2. The van der Waals surface area contributed by atoms with Crippen LogP contribution in [0.25, 0.3) is 0 Å². The Morgan fingerprint density at radius 2 is 1.89 bits per heavy atom. The molecule has 3 N–H and O–H groups in total. The van der Waals surface area contributed by atoms with Crippen LogP contribution in [0.5, 0.6) is 0 Å². The van der Waals surface area contributed by atoms with E-state index in [1.54, 1.807) is 4.88 Å². The molecule has 1 atom stereocenters. The van der Waals surface area contributed by atoms with Crippen LogP contribution in [-0.4, -0.2) is 0 Å². The minimum Gasteiger partial charge on any atom is -0.271 e. The Labute approximate surface area is 112 Å². The van der Waals surface area contributed by atoms with Gasteiger partial charge in [-0.3, -0.25) is 5.84 Å². The predicted molar refractivity (Wildman–Crippen MR) is 76.6 cm³/mol. The molecule has 0 fully saturated rings. The lowest BCUT2D eigenvalue weighted by Crippen LogP contribution is -2.28. The fraction of sp³-hybridized carbons (Fsp3) is 0.333. The van der Waals surface area contributed by atoms with E-state index in [-0.39, 0.29) is 6.04 Å². The van der Waals surface area contributed by atoms with Gasteiger partial charge in [-0.2, -0.15) is 0 Å². The van der Waals surface area contributed by atoms with Gasteiger partial charge in [-0.1, -0.05) is 30.3 Å². The van der Waals surface area contributed by atoms with Crippen molar-refractivity contribution in [1.82, 2.24) is 5.43 Å². The minimum atomic E-state index is 0.127. The van der Waals surface area contributed by atoms with E-state index < -0.39 is 0 Å². The third-order valence-corrected chi connectivity index (χ3v) is 4.90. The highest BCUT2D eigenvalue weighted by Gasteiger charge is 2.19.